The van der Waals surface area contributed by atoms with E-state index in [-0.39, 0.29) is 28.7 Å². The third-order valence-electron chi connectivity index (χ3n) is 4.39. The Balaban J connectivity index is 2.00. The highest BCUT2D eigenvalue weighted by molar-refractivity contribution is 6.08. The number of hydrogen-bond acceptors (Lipinski definition) is 4. The van der Waals surface area contributed by atoms with Gasteiger partial charge in [-0.3, -0.25) is 0 Å². The monoisotopic (exact) mass is 396 g/mol. The van der Waals surface area contributed by atoms with Crippen LogP contribution >= 0.6 is 0 Å². The summed E-state index contributed by atoms with van der Waals surface area (Å²) in [5.74, 6) is -3.12. The first-order valence-electron chi connectivity index (χ1n) is 8.82. The summed E-state index contributed by atoms with van der Waals surface area (Å²) in [7, 11) is 0. The van der Waals surface area contributed by atoms with Crippen molar-refractivity contribution in [3.63, 3.8) is 0 Å². The summed E-state index contributed by atoms with van der Waals surface area (Å²) in [4.78, 5) is 22.8. The third kappa shape index (κ3) is 4.16. The molecule has 3 rings (SSSR count). The molecule has 3 aromatic rings. The van der Waals surface area contributed by atoms with Crippen LogP contribution in [0.3, 0.4) is 0 Å². The van der Waals surface area contributed by atoms with Gasteiger partial charge in [-0.15, -0.1) is 0 Å². The lowest BCUT2D eigenvalue weighted by Gasteiger charge is -2.11. The molecule has 148 valence electrons. The molecule has 0 bridgehead atoms. The molecule has 0 N–H and O–H groups in total. The minimum atomic E-state index is -1.03. The van der Waals surface area contributed by atoms with E-state index in [1.54, 1.807) is 18.2 Å². The maximum atomic E-state index is 14.7. The van der Waals surface area contributed by atoms with Crippen LogP contribution in [0.4, 0.5) is 8.78 Å². The molecule has 4 nitrogen and oxygen atoms in total. The number of esters is 2. The molecule has 0 aliphatic carbocycles. The molecule has 0 heterocycles. The predicted molar refractivity (Wildman–Crippen MR) is 107 cm³/mol. The standard InChI is InChI=1S/C23H18F2O4/c1-4-20(26)28-10-9-14-5-7-16-17-8-6-15(29-23(27)13(2)3)12-19(17)22(25)21(24)18(16)11-14/h4-8,11-12H,1-2,9-10H2,3H3. The van der Waals surface area contributed by atoms with Gasteiger partial charge in [0.25, 0.3) is 0 Å². The molecule has 29 heavy (non-hydrogen) atoms. The van der Waals surface area contributed by atoms with Gasteiger partial charge in [-0.05, 0) is 47.5 Å². The van der Waals surface area contributed by atoms with Gasteiger partial charge in [0, 0.05) is 28.8 Å². The Hall–Kier alpha value is -3.54. The Labute approximate surface area is 166 Å². The molecule has 0 radical (unpaired) electrons. The van der Waals surface area contributed by atoms with E-state index in [2.05, 4.69) is 13.2 Å². The van der Waals surface area contributed by atoms with Crippen LogP contribution in [0.5, 0.6) is 5.75 Å². The van der Waals surface area contributed by atoms with Crippen molar-refractivity contribution in [3.8, 4) is 5.75 Å². The molecular formula is C23H18F2O4. The zero-order chi connectivity index (χ0) is 21.1. The normalized spacial score (nSPS) is 10.7. The van der Waals surface area contributed by atoms with Gasteiger partial charge >= 0.3 is 11.9 Å². The summed E-state index contributed by atoms with van der Waals surface area (Å²) in [5.41, 5.74) is 0.889. The van der Waals surface area contributed by atoms with Crippen molar-refractivity contribution in [2.24, 2.45) is 0 Å². The number of rotatable bonds is 6. The second-order valence-electron chi connectivity index (χ2n) is 6.51. The van der Waals surface area contributed by atoms with Crippen molar-refractivity contribution in [2.45, 2.75) is 13.3 Å². The molecule has 0 spiro atoms. The van der Waals surface area contributed by atoms with Crippen LogP contribution in [-0.4, -0.2) is 18.5 Å². The molecule has 6 heteroatoms. The first-order valence-corrected chi connectivity index (χ1v) is 8.82. The van der Waals surface area contributed by atoms with Crippen molar-refractivity contribution in [1.82, 2.24) is 0 Å². The predicted octanol–water partition coefficient (Wildman–Crippen LogP) is 5.02. The van der Waals surface area contributed by atoms with Gasteiger partial charge in [0.05, 0.1) is 6.61 Å². The van der Waals surface area contributed by atoms with E-state index < -0.39 is 23.6 Å². The highest BCUT2D eigenvalue weighted by Gasteiger charge is 2.16. The molecule has 0 aliphatic rings. The van der Waals surface area contributed by atoms with Gasteiger partial charge < -0.3 is 9.47 Å². The number of carbonyl (C=O) groups excluding carboxylic acids is 2. The topological polar surface area (TPSA) is 52.6 Å². The summed E-state index contributed by atoms with van der Waals surface area (Å²) in [5, 5.41) is 1.13. The molecule has 0 aliphatic heterocycles. The van der Waals surface area contributed by atoms with Crippen LogP contribution in [0.25, 0.3) is 21.5 Å². The highest BCUT2D eigenvalue weighted by atomic mass is 19.2. The van der Waals surface area contributed by atoms with E-state index >= 15 is 0 Å². The molecule has 0 saturated carbocycles. The van der Waals surface area contributed by atoms with Crippen molar-refractivity contribution >= 4 is 33.5 Å². The SMILES string of the molecule is C=CC(=O)OCCc1ccc2c(c1)c(F)c(F)c1cc(OC(=O)C(=C)C)ccc12. The van der Waals surface area contributed by atoms with Crippen LogP contribution < -0.4 is 4.74 Å². The van der Waals surface area contributed by atoms with E-state index in [1.807, 2.05) is 0 Å². The number of carbonyl (C=O) groups is 2. The van der Waals surface area contributed by atoms with Crippen molar-refractivity contribution in [2.75, 3.05) is 6.61 Å². The number of fused-ring (bicyclic) bond motifs is 3. The largest absolute Gasteiger partial charge is 0.462 e. The minimum absolute atomic E-state index is 0.00896. The quantitative estimate of drug-likeness (QED) is 0.254. The zero-order valence-electron chi connectivity index (χ0n) is 15.8. The highest BCUT2D eigenvalue weighted by Crippen LogP contribution is 2.34. The Morgan fingerprint density at radius 3 is 2.24 bits per heavy atom. The first-order chi connectivity index (χ1) is 13.8. The molecule has 0 saturated heterocycles. The van der Waals surface area contributed by atoms with Gasteiger partial charge in [0.2, 0.25) is 0 Å². The maximum absolute atomic E-state index is 14.7. The number of halogens is 2. The molecule has 0 unspecified atom stereocenters. The van der Waals surface area contributed by atoms with Crippen LogP contribution in [-0.2, 0) is 20.7 Å². The molecule has 3 aromatic carbocycles. The third-order valence-corrected chi connectivity index (χ3v) is 4.39. The van der Waals surface area contributed by atoms with Crippen LogP contribution in [0.15, 0.2) is 61.2 Å². The zero-order valence-corrected chi connectivity index (χ0v) is 15.8. The van der Waals surface area contributed by atoms with E-state index in [9.17, 15) is 18.4 Å². The van der Waals surface area contributed by atoms with Crippen LogP contribution in [0.1, 0.15) is 12.5 Å². The average Bonchev–Trinajstić information content (AvgIpc) is 2.71. The number of benzene rings is 3. The maximum Gasteiger partial charge on any atom is 0.338 e. The van der Waals surface area contributed by atoms with Crippen LogP contribution in [0.2, 0.25) is 0 Å². The number of ether oxygens (including phenoxy) is 2. The summed E-state index contributed by atoms with van der Waals surface area (Å²) in [6.45, 7) is 8.39. The van der Waals surface area contributed by atoms with E-state index in [1.165, 1.54) is 25.1 Å². The summed E-state index contributed by atoms with van der Waals surface area (Å²) in [6.07, 6.45) is 1.41. The molecule has 0 amide bonds. The second-order valence-corrected chi connectivity index (χ2v) is 6.51. The average molecular weight is 396 g/mol. The molecule has 0 fully saturated rings. The summed E-state index contributed by atoms with van der Waals surface area (Å²) >= 11 is 0. The van der Waals surface area contributed by atoms with Gasteiger partial charge in [-0.2, -0.15) is 0 Å². The van der Waals surface area contributed by atoms with Gasteiger partial charge in [0.1, 0.15) is 5.75 Å². The minimum Gasteiger partial charge on any atom is -0.462 e. The summed E-state index contributed by atoms with van der Waals surface area (Å²) < 4.78 is 39.5. The van der Waals surface area contributed by atoms with Crippen LogP contribution in [0, 0.1) is 11.6 Å². The van der Waals surface area contributed by atoms with Gasteiger partial charge in [-0.25, -0.2) is 18.4 Å². The van der Waals surface area contributed by atoms with E-state index in [0.29, 0.717) is 22.8 Å². The Morgan fingerprint density at radius 1 is 1.00 bits per heavy atom. The van der Waals surface area contributed by atoms with Crippen molar-refractivity contribution in [1.29, 1.82) is 0 Å². The molecule has 0 aromatic heterocycles. The molecular weight excluding hydrogens is 378 g/mol. The van der Waals surface area contributed by atoms with Crippen molar-refractivity contribution in [3.05, 3.63) is 78.4 Å². The lowest BCUT2D eigenvalue weighted by atomic mass is 9.98. The first kappa shape index (κ1) is 20.2. The lowest BCUT2D eigenvalue weighted by molar-refractivity contribution is -0.137. The van der Waals surface area contributed by atoms with E-state index in [4.69, 9.17) is 9.47 Å². The Kier molecular flexibility index (Phi) is 5.73. The Bertz CT molecular complexity index is 1160. The van der Waals surface area contributed by atoms with Gasteiger partial charge in [0.15, 0.2) is 11.6 Å². The fraction of sp³-hybridized carbons (Fsp3) is 0.130. The second kappa shape index (κ2) is 8.22. The van der Waals surface area contributed by atoms with Crippen molar-refractivity contribution < 1.29 is 27.8 Å². The fourth-order valence-electron chi connectivity index (χ4n) is 2.93. The fourth-order valence-corrected chi connectivity index (χ4v) is 2.93. The Morgan fingerprint density at radius 2 is 1.62 bits per heavy atom. The lowest BCUT2D eigenvalue weighted by Crippen LogP contribution is -2.08. The number of hydrogen-bond donors (Lipinski definition) is 0. The summed E-state index contributed by atoms with van der Waals surface area (Å²) in [6, 6.07) is 9.36. The van der Waals surface area contributed by atoms with Gasteiger partial charge in [-0.1, -0.05) is 25.3 Å². The van der Waals surface area contributed by atoms with E-state index in [0.717, 1.165) is 6.08 Å². The smallest absolute Gasteiger partial charge is 0.338 e. The molecule has 0 atom stereocenters.